The van der Waals surface area contributed by atoms with E-state index in [-0.39, 0.29) is 0 Å². The van der Waals surface area contributed by atoms with Crippen molar-refractivity contribution in [1.82, 2.24) is 0 Å². The van der Waals surface area contributed by atoms with Crippen molar-refractivity contribution < 1.29 is 9.90 Å². The fraction of sp³-hybridized carbons (Fsp3) is 0.222. The van der Waals surface area contributed by atoms with Gasteiger partial charge in [-0.1, -0.05) is 36.7 Å². The Morgan fingerprint density at radius 1 is 1.50 bits per heavy atom. The van der Waals surface area contributed by atoms with Crippen LogP contribution in [0.3, 0.4) is 0 Å². The average Bonchev–Trinajstić information content (AvgIpc) is 2.04. The highest BCUT2D eigenvalue weighted by Crippen LogP contribution is 2.23. The van der Waals surface area contributed by atoms with E-state index in [1.54, 1.807) is 31.2 Å². The van der Waals surface area contributed by atoms with Crippen molar-refractivity contribution in [3.63, 3.8) is 0 Å². The first-order chi connectivity index (χ1) is 5.63. The molecule has 64 valence electrons. The van der Waals surface area contributed by atoms with E-state index in [1.165, 1.54) is 0 Å². The standard InChI is InChI=1S/C9H9ClO2/c1-6(9(11)12)7-4-2-3-5-8(7)10/h2-6H,1H3,(H,11,12)/p-1. The van der Waals surface area contributed by atoms with Crippen molar-refractivity contribution in [2.24, 2.45) is 0 Å². The molecule has 0 aliphatic carbocycles. The van der Waals surface area contributed by atoms with Gasteiger partial charge in [-0.25, -0.2) is 0 Å². The van der Waals surface area contributed by atoms with Crippen LogP contribution in [-0.4, -0.2) is 5.97 Å². The molecule has 0 aromatic heterocycles. The van der Waals surface area contributed by atoms with Crippen LogP contribution < -0.4 is 5.11 Å². The maximum Gasteiger partial charge on any atom is 0.0487 e. The van der Waals surface area contributed by atoms with Crippen LogP contribution in [0, 0.1) is 0 Å². The molecule has 2 nitrogen and oxygen atoms in total. The molecular weight excluding hydrogens is 176 g/mol. The first-order valence-corrected chi connectivity index (χ1v) is 3.96. The van der Waals surface area contributed by atoms with Crippen LogP contribution in [0.15, 0.2) is 24.3 Å². The Bertz CT molecular complexity index is 296. The van der Waals surface area contributed by atoms with Gasteiger partial charge in [0, 0.05) is 16.9 Å². The Labute approximate surface area is 75.8 Å². The van der Waals surface area contributed by atoms with Crippen LogP contribution in [0.25, 0.3) is 0 Å². The molecule has 0 aliphatic rings. The monoisotopic (exact) mass is 183 g/mol. The highest BCUT2D eigenvalue weighted by Gasteiger charge is 2.08. The third kappa shape index (κ3) is 1.77. The zero-order chi connectivity index (χ0) is 9.14. The highest BCUT2D eigenvalue weighted by atomic mass is 35.5. The van der Waals surface area contributed by atoms with Crippen molar-refractivity contribution in [3.8, 4) is 0 Å². The van der Waals surface area contributed by atoms with Crippen LogP contribution in [-0.2, 0) is 4.79 Å². The van der Waals surface area contributed by atoms with Crippen LogP contribution in [0.2, 0.25) is 5.02 Å². The second-order valence-corrected chi connectivity index (χ2v) is 2.97. The number of carboxylic acid groups (broad SMARTS) is 1. The summed E-state index contributed by atoms with van der Waals surface area (Å²) < 4.78 is 0. The summed E-state index contributed by atoms with van der Waals surface area (Å²) in [4.78, 5) is 10.5. The first-order valence-electron chi connectivity index (χ1n) is 3.58. The molecule has 1 aromatic carbocycles. The third-order valence-corrected chi connectivity index (χ3v) is 2.07. The number of rotatable bonds is 2. The second-order valence-electron chi connectivity index (χ2n) is 2.56. The first kappa shape index (κ1) is 9.07. The second kappa shape index (κ2) is 3.59. The lowest BCUT2D eigenvalue weighted by atomic mass is 10.0. The smallest absolute Gasteiger partial charge is 0.0487 e. The van der Waals surface area contributed by atoms with Crippen molar-refractivity contribution >= 4 is 17.6 Å². The van der Waals surface area contributed by atoms with Crippen LogP contribution in [0.4, 0.5) is 0 Å². The number of carbonyl (C=O) groups is 1. The molecule has 0 bridgehead atoms. The number of hydrogen-bond donors (Lipinski definition) is 0. The van der Waals surface area contributed by atoms with Crippen molar-refractivity contribution in [3.05, 3.63) is 34.9 Å². The summed E-state index contributed by atoms with van der Waals surface area (Å²) >= 11 is 5.77. The number of halogens is 1. The minimum absolute atomic E-state index is 0.467. The van der Waals surface area contributed by atoms with Crippen LogP contribution in [0.1, 0.15) is 18.4 Å². The van der Waals surface area contributed by atoms with Crippen molar-refractivity contribution in [2.75, 3.05) is 0 Å². The summed E-state index contributed by atoms with van der Waals surface area (Å²) in [5.74, 6) is -1.76. The van der Waals surface area contributed by atoms with Gasteiger partial charge in [-0.3, -0.25) is 0 Å². The van der Waals surface area contributed by atoms with Gasteiger partial charge < -0.3 is 9.90 Å². The molecule has 0 spiro atoms. The minimum Gasteiger partial charge on any atom is -0.550 e. The van der Waals surface area contributed by atoms with Gasteiger partial charge in [-0.05, 0) is 11.6 Å². The van der Waals surface area contributed by atoms with Gasteiger partial charge in [0.15, 0.2) is 0 Å². The summed E-state index contributed by atoms with van der Waals surface area (Å²) in [6, 6.07) is 6.85. The number of benzene rings is 1. The Morgan fingerprint density at radius 2 is 2.08 bits per heavy atom. The molecule has 1 unspecified atom stereocenters. The summed E-state index contributed by atoms with van der Waals surface area (Å²) in [6.45, 7) is 1.55. The number of aliphatic carboxylic acids is 1. The predicted molar refractivity (Wildman–Crippen MR) is 44.9 cm³/mol. The van der Waals surface area contributed by atoms with Crippen LogP contribution >= 0.6 is 11.6 Å². The molecule has 0 fully saturated rings. The van der Waals surface area contributed by atoms with Gasteiger partial charge in [0.1, 0.15) is 0 Å². The Balaban J connectivity index is 3.02. The normalized spacial score (nSPS) is 12.5. The quantitative estimate of drug-likeness (QED) is 0.691. The van der Waals surface area contributed by atoms with Gasteiger partial charge in [0.2, 0.25) is 0 Å². The van der Waals surface area contributed by atoms with E-state index >= 15 is 0 Å². The number of carbonyl (C=O) groups excluding carboxylic acids is 1. The maximum absolute atomic E-state index is 10.5. The van der Waals surface area contributed by atoms with E-state index in [4.69, 9.17) is 11.6 Å². The molecule has 0 saturated carbocycles. The van der Waals surface area contributed by atoms with Gasteiger partial charge in [-0.15, -0.1) is 0 Å². The molecule has 0 aliphatic heterocycles. The maximum atomic E-state index is 10.5. The lowest BCUT2D eigenvalue weighted by Crippen LogP contribution is -2.28. The van der Waals surface area contributed by atoms with E-state index in [2.05, 4.69) is 0 Å². The molecule has 1 atom stereocenters. The number of carboxylic acids is 1. The van der Waals surface area contributed by atoms with Gasteiger partial charge in [0.05, 0.1) is 0 Å². The lowest BCUT2D eigenvalue weighted by Gasteiger charge is -2.13. The average molecular weight is 184 g/mol. The van der Waals surface area contributed by atoms with Gasteiger partial charge in [-0.2, -0.15) is 0 Å². The lowest BCUT2D eigenvalue weighted by molar-refractivity contribution is -0.307. The van der Waals surface area contributed by atoms with E-state index in [1.807, 2.05) is 0 Å². The summed E-state index contributed by atoms with van der Waals surface area (Å²) in [7, 11) is 0. The Hall–Kier alpha value is -1.02. The zero-order valence-corrected chi connectivity index (χ0v) is 7.34. The SMILES string of the molecule is CC(C(=O)[O-])c1ccccc1Cl. The van der Waals surface area contributed by atoms with E-state index in [0.717, 1.165) is 0 Å². The molecule has 0 radical (unpaired) electrons. The van der Waals surface area contributed by atoms with Crippen LogP contribution in [0.5, 0.6) is 0 Å². The summed E-state index contributed by atoms with van der Waals surface area (Å²) in [6.07, 6.45) is 0. The van der Waals surface area contributed by atoms with Crippen molar-refractivity contribution in [2.45, 2.75) is 12.8 Å². The summed E-state index contributed by atoms with van der Waals surface area (Å²) in [5, 5.41) is 10.9. The van der Waals surface area contributed by atoms with Gasteiger partial charge >= 0.3 is 0 Å². The fourth-order valence-electron chi connectivity index (χ4n) is 0.953. The highest BCUT2D eigenvalue weighted by molar-refractivity contribution is 6.31. The largest absolute Gasteiger partial charge is 0.550 e. The molecule has 1 aromatic rings. The van der Waals surface area contributed by atoms with E-state index in [9.17, 15) is 9.90 Å². The molecule has 0 saturated heterocycles. The Morgan fingerprint density at radius 3 is 2.58 bits per heavy atom. The third-order valence-electron chi connectivity index (χ3n) is 1.73. The Kier molecular flexibility index (Phi) is 2.71. The predicted octanol–water partition coefficient (Wildman–Crippen LogP) is 1.19. The molecular formula is C9H8ClO2-. The fourth-order valence-corrected chi connectivity index (χ4v) is 1.25. The molecule has 0 N–H and O–H groups in total. The topological polar surface area (TPSA) is 40.1 Å². The summed E-state index contributed by atoms with van der Waals surface area (Å²) in [5.41, 5.74) is 0.596. The van der Waals surface area contributed by atoms with E-state index in [0.29, 0.717) is 10.6 Å². The van der Waals surface area contributed by atoms with Crippen molar-refractivity contribution in [1.29, 1.82) is 0 Å². The number of hydrogen-bond acceptors (Lipinski definition) is 2. The van der Waals surface area contributed by atoms with E-state index < -0.39 is 11.9 Å². The minimum atomic E-state index is -1.11. The molecule has 1 rings (SSSR count). The molecule has 0 amide bonds. The molecule has 3 heteroatoms. The molecule has 12 heavy (non-hydrogen) atoms. The van der Waals surface area contributed by atoms with Gasteiger partial charge in [0.25, 0.3) is 0 Å². The zero-order valence-electron chi connectivity index (χ0n) is 6.58. The molecule has 0 heterocycles.